The summed E-state index contributed by atoms with van der Waals surface area (Å²) >= 11 is 0. The second-order valence-electron chi connectivity index (χ2n) is 7.28. The minimum Gasteiger partial charge on any atom is -0.380 e. The van der Waals surface area contributed by atoms with Crippen molar-refractivity contribution in [2.45, 2.75) is 58.7 Å². The van der Waals surface area contributed by atoms with Crippen molar-refractivity contribution in [3.8, 4) is 0 Å². The van der Waals surface area contributed by atoms with Crippen LogP contribution in [0.25, 0.3) is 11.2 Å². The van der Waals surface area contributed by atoms with E-state index in [0.29, 0.717) is 43.5 Å². The van der Waals surface area contributed by atoms with Gasteiger partial charge in [0.25, 0.3) is 5.56 Å². The number of likely N-dealkylation sites (tertiary alicyclic amines) is 1. The van der Waals surface area contributed by atoms with E-state index in [-0.39, 0.29) is 11.2 Å². The van der Waals surface area contributed by atoms with Crippen LogP contribution in [0.5, 0.6) is 0 Å². The number of piperidine rings is 1. The fourth-order valence-electron chi connectivity index (χ4n) is 4.07. The minimum absolute atomic E-state index is 0.297. The molecule has 2 aromatic rings. The lowest BCUT2D eigenvalue weighted by molar-refractivity contribution is 0.124. The molecule has 2 aromatic heterocycles. The molecule has 0 aromatic carbocycles. The van der Waals surface area contributed by atoms with Gasteiger partial charge < -0.3 is 9.30 Å². The summed E-state index contributed by atoms with van der Waals surface area (Å²) in [6.45, 7) is 7.61. The van der Waals surface area contributed by atoms with E-state index in [1.165, 1.54) is 30.9 Å². The van der Waals surface area contributed by atoms with Crippen LogP contribution in [0.1, 0.15) is 45.4 Å². The average Bonchev–Trinajstić information content (AvgIpc) is 3.03. The van der Waals surface area contributed by atoms with Crippen molar-refractivity contribution in [1.29, 1.82) is 0 Å². The van der Waals surface area contributed by atoms with Crippen molar-refractivity contribution in [2.75, 3.05) is 19.8 Å². The third-order valence-electron chi connectivity index (χ3n) is 5.66. The number of imidazole rings is 1. The van der Waals surface area contributed by atoms with E-state index in [1.807, 2.05) is 11.5 Å². The number of nitrogens with zero attached hydrogens (tertiary/aromatic N) is 5. The van der Waals surface area contributed by atoms with Crippen LogP contribution >= 0.6 is 0 Å². The van der Waals surface area contributed by atoms with Gasteiger partial charge in [0.05, 0.1) is 13.2 Å². The topological polar surface area (TPSA) is 74.3 Å². The zero-order valence-corrected chi connectivity index (χ0v) is 16.9. The van der Waals surface area contributed by atoms with E-state index in [4.69, 9.17) is 9.72 Å². The van der Waals surface area contributed by atoms with Gasteiger partial charge in [-0.3, -0.25) is 18.8 Å². The summed E-state index contributed by atoms with van der Waals surface area (Å²) in [5.74, 6) is 0.836. The van der Waals surface area contributed by atoms with Crippen LogP contribution in [-0.2, 0) is 31.9 Å². The highest BCUT2D eigenvalue weighted by molar-refractivity contribution is 5.71. The molecule has 3 heterocycles. The third-order valence-corrected chi connectivity index (χ3v) is 5.66. The Labute approximate surface area is 159 Å². The lowest BCUT2D eigenvalue weighted by Crippen LogP contribution is -2.39. The van der Waals surface area contributed by atoms with Crippen LogP contribution in [0.2, 0.25) is 0 Å². The summed E-state index contributed by atoms with van der Waals surface area (Å²) in [6.07, 6.45) is 4.77. The first-order chi connectivity index (χ1) is 13.0. The molecule has 0 aliphatic carbocycles. The Morgan fingerprint density at radius 1 is 1.15 bits per heavy atom. The Bertz CT molecular complexity index is 911. The van der Waals surface area contributed by atoms with Crippen LogP contribution in [0.15, 0.2) is 9.59 Å². The van der Waals surface area contributed by atoms with Crippen molar-refractivity contribution in [1.82, 2.24) is 23.6 Å². The van der Waals surface area contributed by atoms with E-state index < -0.39 is 0 Å². The number of hydrogen-bond donors (Lipinski definition) is 0. The molecule has 8 nitrogen and oxygen atoms in total. The molecule has 1 unspecified atom stereocenters. The van der Waals surface area contributed by atoms with E-state index >= 15 is 0 Å². The lowest BCUT2D eigenvalue weighted by atomic mass is 10.0. The van der Waals surface area contributed by atoms with E-state index in [1.54, 1.807) is 7.05 Å². The second-order valence-corrected chi connectivity index (χ2v) is 7.28. The maximum atomic E-state index is 12.8. The largest absolute Gasteiger partial charge is 0.380 e. The Morgan fingerprint density at radius 3 is 2.63 bits per heavy atom. The summed E-state index contributed by atoms with van der Waals surface area (Å²) in [7, 11) is 3.19. The number of fused-ring (bicyclic) bond motifs is 1. The molecule has 1 fully saturated rings. The highest BCUT2D eigenvalue weighted by Gasteiger charge is 2.25. The fourth-order valence-corrected chi connectivity index (χ4v) is 4.07. The molecule has 1 saturated heterocycles. The quantitative estimate of drug-likeness (QED) is 0.679. The molecule has 0 N–H and O–H groups in total. The summed E-state index contributed by atoms with van der Waals surface area (Å²) in [4.78, 5) is 32.3. The predicted molar refractivity (Wildman–Crippen MR) is 105 cm³/mol. The lowest BCUT2D eigenvalue weighted by Gasteiger charge is -2.34. The van der Waals surface area contributed by atoms with E-state index in [9.17, 15) is 9.59 Å². The molecule has 0 radical (unpaired) electrons. The van der Waals surface area contributed by atoms with Gasteiger partial charge in [-0.1, -0.05) is 13.3 Å². The Hall–Kier alpha value is -1.93. The molecule has 0 saturated carbocycles. The molecule has 8 heteroatoms. The summed E-state index contributed by atoms with van der Waals surface area (Å²) in [5.41, 5.74) is 0.297. The first-order valence-electron chi connectivity index (χ1n) is 9.96. The van der Waals surface area contributed by atoms with Gasteiger partial charge in [0.1, 0.15) is 5.82 Å². The van der Waals surface area contributed by atoms with Gasteiger partial charge in [0.15, 0.2) is 11.2 Å². The van der Waals surface area contributed by atoms with Gasteiger partial charge >= 0.3 is 5.69 Å². The van der Waals surface area contributed by atoms with Crippen LogP contribution < -0.4 is 11.2 Å². The first-order valence-corrected chi connectivity index (χ1v) is 9.96. The monoisotopic (exact) mass is 377 g/mol. The molecule has 1 atom stereocenters. The minimum atomic E-state index is -0.349. The number of hydrogen-bond acceptors (Lipinski definition) is 5. The first kappa shape index (κ1) is 19.8. The second kappa shape index (κ2) is 8.39. The fraction of sp³-hybridized carbons (Fsp3) is 0.737. The van der Waals surface area contributed by atoms with Crippen LogP contribution in [0.3, 0.4) is 0 Å². The Morgan fingerprint density at radius 2 is 1.93 bits per heavy atom. The zero-order valence-electron chi connectivity index (χ0n) is 16.9. The normalized spacial score (nSPS) is 18.4. The third kappa shape index (κ3) is 3.73. The standard InChI is InChI=1S/C19H31N5O3/c1-5-14-9-7-8-10-23(14)13-15-20-17-16(24(15)11-12-27-6-2)18(25)22(4)19(26)21(17)3/h14H,5-13H2,1-4H3. The van der Waals surface area contributed by atoms with Gasteiger partial charge in [0, 0.05) is 33.3 Å². The molecule has 0 spiro atoms. The zero-order chi connectivity index (χ0) is 19.6. The maximum Gasteiger partial charge on any atom is 0.332 e. The summed E-state index contributed by atoms with van der Waals surface area (Å²) in [5, 5.41) is 0. The smallest absolute Gasteiger partial charge is 0.332 e. The van der Waals surface area contributed by atoms with Gasteiger partial charge in [0.2, 0.25) is 0 Å². The van der Waals surface area contributed by atoms with Crippen molar-refractivity contribution < 1.29 is 4.74 Å². The molecule has 27 heavy (non-hydrogen) atoms. The number of ether oxygens (including phenoxy) is 1. The summed E-state index contributed by atoms with van der Waals surface area (Å²) < 4.78 is 10.1. The van der Waals surface area contributed by atoms with Gasteiger partial charge in [-0.2, -0.15) is 0 Å². The average molecular weight is 377 g/mol. The van der Waals surface area contributed by atoms with E-state index in [2.05, 4.69) is 11.8 Å². The van der Waals surface area contributed by atoms with Crippen LogP contribution in [-0.4, -0.2) is 49.4 Å². The highest BCUT2D eigenvalue weighted by Crippen LogP contribution is 2.22. The van der Waals surface area contributed by atoms with E-state index in [0.717, 1.165) is 23.4 Å². The van der Waals surface area contributed by atoms with Crippen molar-refractivity contribution >= 4 is 11.2 Å². The van der Waals surface area contributed by atoms with Gasteiger partial charge in [-0.05, 0) is 32.7 Å². The molecule has 1 aliphatic rings. The van der Waals surface area contributed by atoms with Crippen LogP contribution in [0, 0.1) is 0 Å². The molecule has 0 bridgehead atoms. The molecule has 3 rings (SSSR count). The molecular weight excluding hydrogens is 346 g/mol. The van der Waals surface area contributed by atoms with Crippen molar-refractivity contribution in [3.05, 3.63) is 26.7 Å². The number of aromatic nitrogens is 4. The van der Waals surface area contributed by atoms with Gasteiger partial charge in [-0.15, -0.1) is 0 Å². The Balaban J connectivity index is 2.08. The van der Waals surface area contributed by atoms with Crippen molar-refractivity contribution in [3.63, 3.8) is 0 Å². The van der Waals surface area contributed by atoms with Crippen molar-refractivity contribution in [2.24, 2.45) is 14.1 Å². The Kier molecular flexibility index (Phi) is 6.16. The molecule has 0 amide bonds. The predicted octanol–water partition coefficient (Wildman–Crippen LogP) is 1.23. The maximum absolute atomic E-state index is 12.8. The SMILES string of the molecule is CCOCCn1c(CN2CCCCC2CC)nc2c1c(=O)n(C)c(=O)n2C. The molecule has 1 aliphatic heterocycles. The number of rotatable bonds is 7. The highest BCUT2D eigenvalue weighted by atomic mass is 16.5. The molecular formula is C19H31N5O3. The number of aryl methyl sites for hydroxylation is 1. The summed E-state index contributed by atoms with van der Waals surface area (Å²) in [6, 6.07) is 0.547. The molecule has 150 valence electrons. The van der Waals surface area contributed by atoms with Crippen LogP contribution in [0.4, 0.5) is 0 Å². The van der Waals surface area contributed by atoms with Gasteiger partial charge in [-0.25, -0.2) is 9.78 Å².